The average molecular weight is 245 g/mol. The van der Waals surface area contributed by atoms with E-state index in [-0.39, 0.29) is 5.91 Å². The quantitative estimate of drug-likeness (QED) is 0.850. The van der Waals surface area contributed by atoms with E-state index >= 15 is 0 Å². The Kier molecular flexibility index (Phi) is 4.80. The van der Waals surface area contributed by atoms with Gasteiger partial charge in [-0.15, -0.1) is 0 Å². The van der Waals surface area contributed by atoms with Crippen molar-refractivity contribution in [3.63, 3.8) is 0 Å². The minimum atomic E-state index is -0.206. The highest BCUT2D eigenvalue weighted by Gasteiger charge is 2.15. The van der Waals surface area contributed by atoms with E-state index in [0.29, 0.717) is 6.42 Å². The molecule has 2 rings (SSSR count). The highest BCUT2D eigenvalue weighted by molar-refractivity contribution is 5.74. The SMILES string of the molecule is NC(=O)CCc1ccccc1CC1CCCCC1. The highest BCUT2D eigenvalue weighted by atomic mass is 16.1. The zero-order valence-corrected chi connectivity index (χ0v) is 11.0. The zero-order valence-electron chi connectivity index (χ0n) is 11.0. The van der Waals surface area contributed by atoms with Crippen molar-refractivity contribution in [1.29, 1.82) is 0 Å². The Balaban J connectivity index is 1.99. The maximum atomic E-state index is 10.9. The summed E-state index contributed by atoms with van der Waals surface area (Å²) in [6.07, 6.45) is 9.32. The third-order valence-electron chi connectivity index (χ3n) is 3.99. The maximum Gasteiger partial charge on any atom is 0.217 e. The number of carbonyl (C=O) groups is 1. The molecule has 1 saturated carbocycles. The van der Waals surface area contributed by atoms with Gasteiger partial charge in [-0.2, -0.15) is 0 Å². The fraction of sp³-hybridized carbons (Fsp3) is 0.562. The minimum Gasteiger partial charge on any atom is -0.370 e. The summed E-state index contributed by atoms with van der Waals surface area (Å²) in [7, 11) is 0. The number of carbonyl (C=O) groups excluding carboxylic acids is 1. The first kappa shape index (κ1) is 13.1. The van der Waals surface area contributed by atoms with Crippen molar-refractivity contribution in [3.05, 3.63) is 35.4 Å². The lowest BCUT2D eigenvalue weighted by atomic mass is 9.83. The van der Waals surface area contributed by atoms with Crippen molar-refractivity contribution in [2.75, 3.05) is 0 Å². The van der Waals surface area contributed by atoms with Crippen LogP contribution in [0.4, 0.5) is 0 Å². The van der Waals surface area contributed by atoms with Crippen LogP contribution in [0.15, 0.2) is 24.3 Å². The Morgan fingerprint density at radius 3 is 2.44 bits per heavy atom. The van der Waals surface area contributed by atoms with Crippen molar-refractivity contribution in [1.82, 2.24) is 0 Å². The van der Waals surface area contributed by atoms with Gasteiger partial charge in [0.25, 0.3) is 0 Å². The van der Waals surface area contributed by atoms with Crippen LogP contribution in [-0.4, -0.2) is 5.91 Å². The Bertz CT molecular complexity index is 394. The van der Waals surface area contributed by atoms with Crippen molar-refractivity contribution in [2.45, 2.75) is 51.4 Å². The average Bonchev–Trinajstić information content (AvgIpc) is 2.39. The standard InChI is InChI=1S/C16H23NO/c17-16(18)11-10-14-8-4-5-9-15(14)12-13-6-2-1-3-7-13/h4-5,8-9,13H,1-3,6-7,10-12H2,(H2,17,18). The molecule has 0 aromatic heterocycles. The van der Waals surface area contributed by atoms with Crippen LogP contribution in [0.2, 0.25) is 0 Å². The van der Waals surface area contributed by atoms with Gasteiger partial charge < -0.3 is 5.73 Å². The van der Waals surface area contributed by atoms with Gasteiger partial charge in [0.05, 0.1) is 0 Å². The second kappa shape index (κ2) is 6.58. The van der Waals surface area contributed by atoms with Crippen LogP contribution in [0.3, 0.4) is 0 Å². The Morgan fingerprint density at radius 1 is 1.11 bits per heavy atom. The first-order valence-corrected chi connectivity index (χ1v) is 7.11. The molecule has 0 saturated heterocycles. The van der Waals surface area contributed by atoms with Gasteiger partial charge in [-0.05, 0) is 29.9 Å². The lowest BCUT2D eigenvalue weighted by Gasteiger charge is -2.22. The summed E-state index contributed by atoms with van der Waals surface area (Å²) < 4.78 is 0. The van der Waals surface area contributed by atoms with Crippen LogP contribution < -0.4 is 5.73 Å². The molecule has 1 fully saturated rings. The molecule has 1 aromatic carbocycles. The number of hydrogen-bond donors (Lipinski definition) is 1. The largest absolute Gasteiger partial charge is 0.370 e. The molecule has 0 bridgehead atoms. The van der Waals surface area contributed by atoms with Gasteiger partial charge in [0.2, 0.25) is 5.91 Å². The Labute approximate surface area is 110 Å². The van der Waals surface area contributed by atoms with E-state index in [4.69, 9.17) is 5.73 Å². The molecule has 98 valence electrons. The van der Waals surface area contributed by atoms with Gasteiger partial charge in [-0.3, -0.25) is 4.79 Å². The lowest BCUT2D eigenvalue weighted by Crippen LogP contribution is -2.13. The van der Waals surface area contributed by atoms with Crippen LogP contribution in [0, 0.1) is 5.92 Å². The maximum absolute atomic E-state index is 10.9. The smallest absolute Gasteiger partial charge is 0.217 e. The molecule has 0 heterocycles. The van der Waals surface area contributed by atoms with Gasteiger partial charge in [0.15, 0.2) is 0 Å². The van der Waals surface area contributed by atoms with Gasteiger partial charge in [-0.1, -0.05) is 56.4 Å². The normalized spacial score (nSPS) is 16.7. The molecule has 1 amide bonds. The molecule has 0 aliphatic heterocycles. The summed E-state index contributed by atoms with van der Waals surface area (Å²) in [4.78, 5) is 10.9. The summed E-state index contributed by atoms with van der Waals surface area (Å²) >= 11 is 0. The van der Waals surface area contributed by atoms with Crippen LogP contribution >= 0.6 is 0 Å². The number of amides is 1. The van der Waals surface area contributed by atoms with Gasteiger partial charge in [0, 0.05) is 6.42 Å². The molecular weight excluding hydrogens is 222 g/mol. The third kappa shape index (κ3) is 3.86. The number of hydrogen-bond acceptors (Lipinski definition) is 1. The van der Waals surface area contributed by atoms with E-state index in [2.05, 4.69) is 24.3 Å². The third-order valence-corrected chi connectivity index (χ3v) is 3.99. The van der Waals surface area contributed by atoms with Crippen molar-refractivity contribution in [2.24, 2.45) is 11.7 Å². The van der Waals surface area contributed by atoms with Gasteiger partial charge >= 0.3 is 0 Å². The molecule has 0 unspecified atom stereocenters. The first-order chi connectivity index (χ1) is 8.75. The molecule has 0 atom stereocenters. The molecular formula is C16H23NO. The summed E-state index contributed by atoms with van der Waals surface area (Å²) in [6, 6.07) is 8.51. The Hall–Kier alpha value is -1.31. The topological polar surface area (TPSA) is 43.1 Å². The molecule has 2 N–H and O–H groups in total. The lowest BCUT2D eigenvalue weighted by molar-refractivity contribution is -0.117. The second-order valence-electron chi connectivity index (χ2n) is 5.44. The number of benzene rings is 1. The number of primary amides is 1. The number of nitrogens with two attached hydrogens (primary N) is 1. The van der Waals surface area contributed by atoms with Crippen LogP contribution in [0.25, 0.3) is 0 Å². The van der Waals surface area contributed by atoms with E-state index in [0.717, 1.165) is 12.3 Å². The monoisotopic (exact) mass is 245 g/mol. The number of rotatable bonds is 5. The summed E-state index contributed by atoms with van der Waals surface area (Å²) in [5.74, 6) is 0.635. The molecule has 0 radical (unpaired) electrons. The van der Waals surface area contributed by atoms with Crippen molar-refractivity contribution >= 4 is 5.91 Å². The minimum absolute atomic E-state index is 0.206. The first-order valence-electron chi connectivity index (χ1n) is 7.11. The van der Waals surface area contributed by atoms with Crippen LogP contribution in [0.1, 0.15) is 49.7 Å². The van der Waals surface area contributed by atoms with E-state index in [1.54, 1.807) is 0 Å². The second-order valence-corrected chi connectivity index (χ2v) is 5.44. The van der Waals surface area contributed by atoms with Crippen molar-refractivity contribution in [3.8, 4) is 0 Å². The van der Waals surface area contributed by atoms with E-state index in [1.807, 2.05) is 0 Å². The molecule has 2 nitrogen and oxygen atoms in total. The van der Waals surface area contributed by atoms with Crippen LogP contribution in [-0.2, 0) is 17.6 Å². The summed E-state index contributed by atoms with van der Waals surface area (Å²) in [5.41, 5.74) is 7.96. The van der Waals surface area contributed by atoms with E-state index in [1.165, 1.54) is 49.7 Å². The zero-order chi connectivity index (χ0) is 12.8. The van der Waals surface area contributed by atoms with E-state index in [9.17, 15) is 4.79 Å². The molecule has 2 heteroatoms. The fourth-order valence-corrected chi connectivity index (χ4v) is 2.96. The molecule has 18 heavy (non-hydrogen) atoms. The summed E-state index contributed by atoms with van der Waals surface area (Å²) in [6.45, 7) is 0. The molecule has 1 aliphatic rings. The Morgan fingerprint density at radius 2 is 1.78 bits per heavy atom. The molecule has 0 spiro atoms. The number of aryl methyl sites for hydroxylation is 1. The summed E-state index contributed by atoms with van der Waals surface area (Å²) in [5, 5.41) is 0. The fourth-order valence-electron chi connectivity index (χ4n) is 2.96. The van der Waals surface area contributed by atoms with E-state index < -0.39 is 0 Å². The van der Waals surface area contributed by atoms with Crippen molar-refractivity contribution < 1.29 is 4.79 Å². The predicted molar refractivity (Wildman–Crippen MR) is 74.2 cm³/mol. The predicted octanol–water partition coefficient (Wildman–Crippen LogP) is 3.23. The van der Waals surface area contributed by atoms with Crippen LogP contribution in [0.5, 0.6) is 0 Å². The molecule has 1 aliphatic carbocycles. The van der Waals surface area contributed by atoms with Gasteiger partial charge in [-0.25, -0.2) is 0 Å². The highest BCUT2D eigenvalue weighted by Crippen LogP contribution is 2.28. The molecule has 1 aromatic rings. The van der Waals surface area contributed by atoms with Gasteiger partial charge in [0.1, 0.15) is 0 Å².